The summed E-state index contributed by atoms with van der Waals surface area (Å²) in [5, 5.41) is 0. The highest BCUT2D eigenvalue weighted by Gasteiger charge is 2.51. The fraction of sp³-hybridized carbons (Fsp3) is 0.702. The van der Waals surface area contributed by atoms with Gasteiger partial charge in [-0.05, 0) is 381 Å². The van der Waals surface area contributed by atoms with Crippen LogP contribution in [0.3, 0.4) is 0 Å². The van der Waals surface area contributed by atoms with Crippen LogP contribution < -0.4 is 29.4 Å². The van der Waals surface area contributed by atoms with Gasteiger partial charge in [-0.1, -0.05) is 0 Å². The summed E-state index contributed by atoms with van der Waals surface area (Å²) in [6.07, 6.45) is 29.5. The van der Waals surface area contributed by atoms with Crippen LogP contribution in [0, 0.1) is 32.5 Å². The Bertz CT molecular complexity index is 4380. The highest BCUT2D eigenvalue weighted by Crippen LogP contribution is 2.50. The number of likely N-dealkylation sites (tertiary alicyclic amines) is 6. The van der Waals surface area contributed by atoms with Gasteiger partial charge in [0.25, 0.3) is 0 Å². The Labute approximate surface area is 761 Å². The molecule has 127 heavy (non-hydrogen) atoms. The van der Waals surface area contributed by atoms with Crippen molar-refractivity contribution >= 4 is 34.1 Å². The zero-order valence-corrected chi connectivity index (χ0v) is 81.1. The Balaban J connectivity index is 0.000000131. The van der Waals surface area contributed by atoms with Gasteiger partial charge in [0, 0.05) is 251 Å². The molecule has 12 aliphatic heterocycles. The average Bonchev–Trinajstić information content (AvgIpc) is 1.68. The normalized spacial score (nSPS) is 25.3. The Morgan fingerprint density at radius 3 is 0.780 bits per heavy atom. The number of alkyl halides is 6. The van der Waals surface area contributed by atoms with Crippen LogP contribution in [0.4, 0.5) is 60.5 Å². The first kappa shape index (κ1) is 97.6. The number of halogens is 6. The lowest BCUT2D eigenvalue weighted by molar-refractivity contribution is -0.141. The number of benzene rings is 1. The highest BCUT2D eigenvalue weighted by molar-refractivity contribution is 5.52. The van der Waals surface area contributed by atoms with Gasteiger partial charge in [0.15, 0.2) is 0 Å². The molecule has 1 aromatic carbocycles. The van der Waals surface area contributed by atoms with E-state index in [9.17, 15) is 26.3 Å². The van der Waals surface area contributed by atoms with Crippen molar-refractivity contribution in [1.82, 2.24) is 54.3 Å². The predicted molar refractivity (Wildman–Crippen MR) is 512 cm³/mol. The van der Waals surface area contributed by atoms with Crippen LogP contribution in [0.2, 0.25) is 0 Å². The van der Waals surface area contributed by atoms with Crippen LogP contribution in [-0.2, 0) is 12.4 Å². The van der Waals surface area contributed by atoms with Gasteiger partial charge in [0.2, 0.25) is 0 Å². The molecule has 0 bridgehead atoms. The lowest BCUT2D eigenvalue weighted by Crippen LogP contribution is -2.52. The van der Waals surface area contributed by atoms with Gasteiger partial charge in [-0.3, -0.25) is 54.3 Å². The summed E-state index contributed by atoms with van der Waals surface area (Å²) in [7, 11) is 0. The number of rotatable bonds is 6. The van der Waals surface area contributed by atoms with Gasteiger partial charge >= 0.3 is 12.4 Å². The molecule has 12 saturated heterocycles. The van der Waals surface area contributed by atoms with E-state index in [1.165, 1.54) is 235 Å². The quantitative estimate of drug-likeness (QED) is 0.148. The number of piperidine rings is 5. The number of aromatic nitrogens is 5. The molecule has 3 atom stereocenters. The molecule has 12 aliphatic rings. The van der Waals surface area contributed by atoms with Crippen molar-refractivity contribution in [1.29, 1.82) is 0 Å². The van der Waals surface area contributed by atoms with Crippen LogP contribution in [0.25, 0.3) is 0 Å². The molecule has 0 saturated carbocycles. The standard InChI is InChI=1S/C19H27F3N2.C18H26F3N3.3C17H27N3.C16H25N3/c1-17(2,3)24-13-10-18(14-24)8-11-23(12-9-18)16-6-4-15(5-7-16)19(20,21)22;1-16(2,3)24-11-7-17(13-24)5-9-23(10-6-17)14-4-8-22-15(12-14)18(19,20)21;1-16(2,3)20-12-7-17(8-13-20)6-11-19(14-17)15-4-9-18-10-5-15;1-16(2,3)20-11-4-7-17(14-20)8-12-19(13-17)15-5-9-18-10-6-15;1-16(2,3)20-12-8-17(14-20)7-4-11-19(13-17)15-5-9-18-10-6-15;1-15(2,3)19-11-7-16(13-19)6-10-18(12-16)14-4-8-17-9-5-14/h4-7H,8-14H2,1-3H3;4,8,12H,5-7,9-11,13H2,1-3H3;4-5,9-10H,6-8,11-14H2,1-3H3;2*5-6,9-10H,4,7-8,11-14H2,1-3H3;4-5,8-9H,6-7,10-13H2,1-3H3. The van der Waals surface area contributed by atoms with Crippen molar-refractivity contribution in [3.8, 4) is 0 Å². The second-order valence-corrected chi connectivity index (χ2v) is 46.5. The van der Waals surface area contributed by atoms with Crippen LogP contribution >= 0.6 is 0 Å². The van der Waals surface area contributed by atoms with E-state index in [2.05, 4.69) is 257 Å². The summed E-state index contributed by atoms with van der Waals surface area (Å²) < 4.78 is 76.6. The highest BCUT2D eigenvalue weighted by atomic mass is 19.4. The van der Waals surface area contributed by atoms with E-state index in [0.29, 0.717) is 60.3 Å². The topological polar surface area (TPSA) is 103 Å². The van der Waals surface area contributed by atoms with E-state index in [4.69, 9.17) is 0 Å². The third-order valence-electron chi connectivity index (χ3n) is 31.6. The lowest BCUT2D eigenvalue weighted by Gasteiger charge is -2.46. The Kier molecular flexibility index (Phi) is 30.1. The molecule has 17 nitrogen and oxygen atoms in total. The van der Waals surface area contributed by atoms with Crippen molar-refractivity contribution in [3.05, 3.63) is 152 Å². The first-order valence-electron chi connectivity index (χ1n) is 48.4. The number of hydrogen-bond donors (Lipinski definition) is 0. The minimum atomic E-state index is -4.38. The summed E-state index contributed by atoms with van der Waals surface area (Å²) in [4.78, 5) is 50.2. The van der Waals surface area contributed by atoms with Crippen LogP contribution in [-0.4, -0.2) is 245 Å². The smallest absolute Gasteiger partial charge is 0.371 e. The van der Waals surface area contributed by atoms with Gasteiger partial charge in [0.05, 0.1) is 5.56 Å². The number of hydrogen-bond acceptors (Lipinski definition) is 17. The Hall–Kier alpha value is -6.89. The van der Waals surface area contributed by atoms with Crippen molar-refractivity contribution in [2.24, 2.45) is 32.5 Å². The maximum absolute atomic E-state index is 12.8. The van der Waals surface area contributed by atoms with Gasteiger partial charge in [-0.25, -0.2) is 0 Å². The maximum Gasteiger partial charge on any atom is 0.433 e. The monoisotopic (exact) mass is 1760 g/mol. The van der Waals surface area contributed by atoms with Gasteiger partial charge in [-0.15, -0.1) is 0 Å². The van der Waals surface area contributed by atoms with Crippen LogP contribution in [0.5, 0.6) is 0 Å². The van der Waals surface area contributed by atoms with E-state index >= 15 is 0 Å². The Morgan fingerprint density at radius 2 is 0.457 bits per heavy atom. The molecule has 0 amide bonds. The molecule has 702 valence electrons. The molecule has 0 radical (unpaired) electrons. The minimum Gasteiger partial charge on any atom is -0.371 e. The molecule has 3 unspecified atom stereocenters. The molecule has 0 N–H and O–H groups in total. The number of nitrogens with zero attached hydrogens (tertiary/aromatic N) is 17. The first-order valence-corrected chi connectivity index (χ1v) is 48.4. The molecular weight excluding hydrogens is 1600 g/mol. The fourth-order valence-electron chi connectivity index (χ4n) is 22.9. The second kappa shape index (κ2) is 39.1. The molecular formula is C104H159F6N17. The fourth-order valence-corrected chi connectivity index (χ4v) is 22.9. The molecule has 17 heterocycles. The van der Waals surface area contributed by atoms with E-state index < -0.39 is 23.6 Å². The van der Waals surface area contributed by atoms with E-state index in [1.807, 2.05) is 49.6 Å². The third kappa shape index (κ3) is 25.3. The third-order valence-corrected chi connectivity index (χ3v) is 31.6. The summed E-state index contributed by atoms with van der Waals surface area (Å²) in [5.74, 6) is 0. The van der Waals surface area contributed by atoms with Crippen molar-refractivity contribution in [2.75, 3.05) is 186 Å². The molecule has 18 rings (SSSR count). The second-order valence-electron chi connectivity index (χ2n) is 46.5. The van der Waals surface area contributed by atoms with Crippen molar-refractivity contribution < 1.29 is 26.3 Å². The summed E-state index contributed by atoms with van der Waals surface area (Å²) in [6.45, 7) is 69.4. The van der Waals surface area contributed by atoms with Crippen LogP contribution in [0.1, 0.15) is 245 Å². The van der Waals surface area contributed by atoms with Gasteiger partial charge < -0.3 is 29.4 Å². The molecule has 6 aromatic rings. The van der Waals surface area contributed by atoms with Gasteiger partial charge in [0.1, 0.15) is 5.69 Å². The Morgan fingerprint density at radius 1 is 0.220 bits per heavy atom. The van der Waals surface area contributed by atoms with E-state index in [-0.39, 0.29) is 11.1 Å². The minimum absolute atomic E-state index is 0.188. The SMILES string of the molecule is CC(C)(C)N1CCC2(CCCN(c3ccncc3)C2)C1.CC(C)(C)N1CCC2(CCN(c3ccc(C(F)(F)F)cc3)CC2)C1.CC(C)(C)N1CCC2(CCN(c3ccnc(C(F)(F)F)c3)CC2)C1.CC(C)(C)N1CCC2(CCN(c3ccncc3)C2)C1.CC(C)(C)N1CCC2(CCN(c3ccncc3)C2)CC1.CC(C)(C)N1CCCC2(CCN(c3ccncc3)C2)C1. The summed E-state index contributed by atoms with van der Waals surface area (Å²) >= 11 is 0. The zero-order valence-electron chi connectivity index (χ0n) is 81.1. The number of pyridine rings is 5. The number of anilines is 6. The van der Waals surface area contributed by atoms with Crippen molar-refractivity contribution in [3.63, 3.8) is 0 Å². The first-order chi connectivity index (χ1) is 59.6. The van der Waals surface area contributed by atoms with Crippen molar-refractivity contribution in [2.45, 2.75) is 279 Å². The summed E-state index contributed by atoms with van der Waals surface area (Å²) in [5.41, 5.74) is 10.0. The molecule has 0 aliphatic carbocycles. The molecule has 6 spiro atoms. The molecule has 12 fully saturated rings. The van der Waals surface area contributed by atoms with Crippen LogP contribution in [0.15, 0.2) is 141 Å². The largest absolute Gasteiger partial charge is 0.433 e. The van der Waals surface area contributed by atoms with E-state index in [1.54, 1.807) is 18.2 Å². The predicted octanol–water partition coefficient (Wildman–Crippen LogP) is 21.3. The average molecular weight is 1760 g/mol. The molecule has 23 heteroatoms. The lowest BCUT2D eigenvalue weighted by atomic mass is 9.77. The van der Waals surface area contributed by atoms with E-state index in [0.717, 1.165) is 83.7 Å². The maximum atomic E-state index is 12.8. The zero-order chi connectivity index (χ0) is 91.3. The summed E-state index contributed by atoms with van der Waals surface area (Å²) in [6, 6.07) is 25.6. The van der Waals surface area contributed by atoms with Gasteiger partial charge in [-0.2, -0.15) is 26.3 Å². The molecule has 5 aromatic heterocycles.